The standard InChI is InChI=1S/C25H35N5O4/c1-19-15-20(5-6-22(19)33-2)16-23(31)29-12-8-25(9-13-29)7-3-4-11-30-17-21(27-28-30)18-34-14-10-26-24(25)32/h5-6,15,17H,3-4,7-14,16,18H2,1-2H3,(H,26,32). The summed E-state index contributed by atoms with van der Waals surface area (Å²) >= 11 is 0. The highest BCUT2D eigenvalue weighted by Crippen LogP contribution is 2.37. The Morgan fingerprint density at radius 2 is 2.03 bits per heavy atom. The van der Waals surface area contributed by atoms with Gasteiger partial charge < -0.3 is 19.7 Å². The molecule has 1 N–H and O–H groups in total. The summed E-state index contributed by atoms with van der Waals surface area (Å²) in [4.78, 5) is 28.1. The molecule has 0 saturated carbocycles. The molecule has 0 aliphatic carbocycles. The molecule has 9 heteroatoms. The molecule has 1 spiro atoms. The van der Waals surface area contributed by atoms with Crippen LogP contribution in [-0.2, 0) is 33.9 Å². The Labute approximate surface area is 200 Å². The Morgan fingerprint density at radius 3 is 2.79 bits per heavy atom. The Hall–Kier alpha value is -2.94. The van der Waals surface area contributed by atoms with Gasteiger partial charge in [0.2, 0.25) is 11.8 Å². The van der Waals surface area contributed by atoms with Gasteiger partial charge in [0, 0.05) is 26.2 Å². The van der Waals surface area contributed by atoms with Crippen molar-refractivity contribution in [2.24, 2.45) is 5.41 Å². The topological polar surface area (TPSA) is 98.6 Å². The lowest BCUT2D eigenvalue weighted by Gasteiger charge is -2.41. The molecular formula is C25H35N5O4. The number of benzene rings is 1. The maximum Gasteiger partial charge on any atom is 0.226 e. The molecule has 2 aliphatic rings. The number of nitrogens with zero attached hydrogens (tertiary/aromatic N) is 4. The van der Waals surface area contributed by atoms with Gasteiger partial charge in [-0.1, -0.05) is 23.8 Å². The molecule has 9 nitrogen and oxygen atoms in total. The quantitative estimate of drug-likeness (QED) is 0.741. The van der Waals surface area contributed by atoms with Gasteiger partial charge in [0.25, 0.3) is 0 Å². The van der Waals surface area contributed by atoms with Crippen LogP contribution >= 0.6 is 0 Å². The molecule has 1 aromatic carbocycles. The van der Waals surface area contributed by atoms with Crippen LogP contribution in [0.1, 0.15) is 48.9 Å². The van der Waals surface area contributed by atoms with Gasteiger partial charge in [-0.25, -0.2) is 0 Å². The maximum absolute atomic E-state index is 13.2. The van der Waals surface area contributed by atoms with E-state index < -0.39 is 5.41 Å². The normalized spacial score (nSPS) is 19.4. The van der Waals surface area contributed by atoms with Crippen molar-refractivity contribution in [1.29, 1.82) is 0 Å². The minimum atomic E-state index is -0.439. The SMILES string of the molecule is COc1ccc(CC(=O)N2CCC3(CCCCn4cc(nn4)COCCNC3=O)CC2)cc1C. The van der Waals surface area contributed by atoms with Crippen LogP contribution in [0.25, 0.3) is 0 Å². The molecule has 4 rings (SSSR count). The Balaban J connectivity index is 1.36. The Bertz CT molecular complexity index is 997. The molecule has 0 atom stereocenters. The highest BCUT2D eigenvalue weighted by molar-refractivity contribution is 5.84. The van der Waals surface area contributed by atoms with E-state index in [2.05, 4.69) is 15.6 Å². The fourth-order valence-corrected chi connectivity index (χ4v) is 4.96. The second kappa shape index (κ2) is 11.0. The van der Waals surface area contributed by atoms with Crippen molar-refractivity contribution >= 4 is 11.8 Å². The molecule has 2 amide bonds. The lowest BCUT2D eigenvalue weighted by molar-refractivity contribution is -0.141. The van der Waals surface area contributed by atoms with Gasteiger partial charge in [0.05, 0.1) is 38.4 Å². The molecule has 2 aromatic rings. The fraction of sp³-hybridized carbons (Fsp3) is 0.600. The smallest absolute Gasteiger partial charge is 0.226 e. The lowest BCUT2D eigenvalue weighted by atomic mass is 9.73. The van der Waals surface area contributed by atoms with Gasteiger partial charge in [0.1, 0.15) is 11.4 Å². The zero-order valence-electron chi connectivity index (χ0n) is 20.2. The minimum absolute atomic E-state index is 0.0860. The average Bonchev–Trinajstić information content (AvgIpc) is 3.29. The summed E-state index contributed by atoms with van der Waals surface area (Å²) in [5.74, 6) is 1.02. The zero-order valence-corrected chi connectivity index (χ0v) is 20.2. The summed E-state index contributed by atoms with van der Waals surface area (Å²) in [6.07, 6.45) is 6.31. The molecule has 1 fully saturated rings. The van der Waals surface area contributed by atoms with Crippen LogP contribution < -0.4 is 10.1 Å². The number of aryl methyl sites for hydroxylation is 2. The van der Waals surface area contributed by atoms with Crippen LogP contribution in [-0.4, -0.2) is 65.1 Å². The summed E-state index contributed by atoms with van der Waals surface area (Å²) < 4.78 is 12.8. The molecule has 184 valence electrons. The number of ether oxygens (including phenoxy) is 2. The van der Waals surface area contributed by atoms with Crippen molar-refractivity contribution < 1.29 is 19.1 Å². The fourth-order valence-electron chi connectivity index (χ4n) is 4.96. The monoisotopic (exact) mass is 469 g/mol. The number of amides is 2. The van der Waals surface area contributed by atoms with Crippen LogP contribution in [0.15, 0.2) is 24.4 Å². The highest BCUT2D eigenvalue weighted by atomic mass is 16.5. The summed E-state index contributed by atoms with van der Waals surface area (Å²) in [7, 11) is 1.65. The molecule has 3 heterocycles. The summed E-state index contributed by atoms with van der Waals surface area (Å²) in [5, 5.41) is 11.4. The maximum atomic E-state index is 13.2. The van der Waals surface area contributed by atoms with Gasteiger partial charge >= 0.3 is 0 Å². The van der Waals surface area contributed by atoms with Gasteiger partial charge in [-0.05, 0) is 49.8 Å². The number of carbonyl (C=O) groups is 2. The highest BCUT2D eigenvalue weighted by Gasteiger charge is 2.41. The van der Waals surface area contributed by atoms with Gasteiger partial charge in [-0.2, -0.15) is 0 Å². The number of methoxy groups -OCH3 is 1. The third-order valence-electron chi connectivity index (χ3n) is 7.03. The first-order valence-corrected chi connectivity index (χ1v) is 12.2. The molecule has 0 unspecified atom stereocenters. The number of hydrogen-bond acceptors (Lipinski definition) is 6. The van der Waals surface area contributed by atoms with E-state index in [1.165, 1.54) is 0 Å². The number of carbonyl (C=O) groups excluding carboxylic acids is 2. The van der Waals surface area contributed by atoms with Crippen LogP contribution in [0, 0.1) is 12.3 Å². The predicted octanol–water partition coefficient (Wildman–Crippen LogP) is 2.26. The molecule has 1 saturated heterocycles. The molecule has 1 aromatic heterocycles. The Kier molecular flexibility index (Phi) is 7.82. The van der Waals surface area contributed by atoms with Crippen LogP contribution in [0.4, 0.5) is 0 Å². The number of likely N-dealkylation sites (tertiary alicyclic amines) is 1. The Morgan fingerprint density at radius 1 is 1.21 bits per heavy atom. The van der Waals surface area contributed by atoms with E-state index in [1.807, 2.05) is 40.9 Å². The van der Waals surface area contributed by atoms with Crippen molar-refractivity contribution in [2.45, 2.75) is 58.6 Å². The minimum Gasteiger partial charge on any atom is -0.496 e. The van der Waals surface area contributed by atoms with Crippen LogP contribution in [0.5, 0.6) is 5.75 Å². The molecule has 2 bridgehead atoms. The summed E-state index contributed by atoms with van der Waals surface area (Å²) in [5.41, 5.74) is 2.37. The van der Waals surface area contributed by atoms with E-state index in [9.17, 15) is 9.59 Å². The van der Waals surface area contributed by atoms with E-state index in [0.29, 0.717) is 52.1 Å². The third-order valence-corrected chi connectivity index (χ3v) is 7.03. The second-order valence-corrected chi connectivity index (χ2v) is 9.38. The first-order valence-electron chi connectivity index (χ1n) is 12.2. The number of fused-ring (bicyclic) bond motifs is 2. The van der Waals surface area contributed by atoms with Crippen molar-refractivity contribution in [3.05, 3.63) is 41.2 Å². The average molecular weight is 470 g/mol. The van der Waals surface area contributed by atoms with E-state index in [4.69, 9.17) is 9.47 Å². The third kappa shape index (κ3) is 5.75. The van der Waals surface area contributed by atoms with Crippen molar-refractivity contribution in [3.63, 3.8) is 0 Å². The van der Waals surface area contributed by atoms with Gasteiger partial charge in [-0.15, -0.1) is 5.10 Å². The van der Waals surface area contributed by atoms with Crippen molar-refractivity contribution in [1.82, 2.24) is 25.2 Å². The summed E-state index contributed by atoms with van der Waals surface area (Å²) in [6, 6.07) is 5.86. The lowest BCUT2D eigenvalue weighted by Crippen LogP contribution is -2.51. The number of nitrogens with one attached hydrogen (secondary N) is 1. The molecule has 34 heavy (non-hydrogen) atoms. The van der Waals surface area contributed by atoms with Crippen molar-refractivity contribution in [2.75, 3.05) is 33.4 Å². The number of hydrogen-bond donors (Lipinski definition) is 1. The van der Waals surface area contributed by atoms with Crippen molar-refractivity contribution in [3.8, 4) is 5.75 Å². The number of rotatable bonds is 3. The summed E-state index contributed by atoms with van der Waals surface area (Å²) in [6.45, 7) is 5.25. The van der Waals surface area contributed by atoms with Gasteiger partial charge in [0.15, 0.2) is 0 Å². The van der Waals surface area contributed by atoms with E-state index in [1.54, 1.807) is 7.11 Å². The van der Waals surface area contributed by atoms with E-state index in [-0.39, 0.29) is 11.8 Å². The molecule has 2 aliphatic heterocycles. The van der Waals surface area contributed by atoms with Crippen LogP contribution in [0.2, 0.25) is 0 Å². The van der Waals surface area contributed by atoms with Gasteiger partial charge in [-0.3, -0.25) is 14.3 Å². The van der Waals surface area contributed by atoms with E-state index in [0.717, 1.165) is 48.4 Å². The largest absolute Gasteiger partial charge is 0.496 e. The predicted molar refractivity (Wildman–Crippen MR) is 126 cm³/mol. The second-order valence-electron chi connectivity index (χ2n) is 9.38. The molecule has 0 radical (unpaired) electrons. The zero-order chi connectivity index (χ0) is 24.0. The first-order chi connectivity index (χ1) is 16.5. The molecular weight excluding hydrogens is 434 g/mol. The number of piperidine rings is 1. The first kappa shape index (κ1) is 24.2. The number of aromatic nitrogens is 3. The van der Waals surface area contributed by atoms with E-state index >= 15 is 0 Å². The van der Waals surface area contributed by atoms with Crippen LogP contribution in [0.3, 0.4) is 0 Å².